The Morgan fingerprint density at radius 2 is 1.83 bits per heavy atom. The quantitative estimate of drug-likeness (QED) is 0.338. The summed E-state index contributed by atoms with van der Waals surface area (Å²) in [6.07, 6.45) is 8.76. The smallest absolute Gasteiger partial charge is 0.310 e. The van der Waals surface area contributed by atoms with Crippen molar-refractivity contribution in [3.05, 3.63) is 12.2 Å². The summed E-state index contributed by atoms with van der Waals surface area (Å²) in [6.45, 7) is 2.16. The molecule has 0 aliphatic carbocycles. The molecule has 18 heavy (non-hydrogen) atoms. The number of hydrogen-bond donors (Lipinski definition) is 2. The van der Waals surface area contributed by atoms with Gasteiger partial charge in [0.15, 0.2) is 0 Å². The average molecular weight is 256 g/mol. The van der Waals surface area contributed by atoms with Crippen LogP contribution in [0.25, 0.3) is 0 Å². The third-order valence-electron chi connectivity index (χ3n) is 2.62. The summed E-state index contributed by atoms with van der Waals surface area (Å²) < 4.78 is 0. The molecule has 0 spiro atoms. The first-order valence-corrected chi connectivity index (χ1v) is 6.62. The molecule has 1 unspecified atom stereocenters. The second-order valence-corrected chi connectivity index (χ2v) is 4.51. The lowest BCUT2D eigenvalue weighted by molar-refractivity contribution is -0.140. The molecule has 0 radical (unpaired) electrons. The van der Waals surface area contributed by atoms with Gasteiger partial charge in [0.05, 0.1) is 6.10 Å². The molecule has 0 aromatic carbocycles. The van der Waals surface area contributed by atoms with Crippen molar-refractivity contribution in [1.82, 2.24) is 0 Å². The van der Waals surface area contributed by atoms with Gasteiger partial charge in [-0.2, -0.15) is 0 Å². The van der Waals surface area contributed by atoms with E-state index in [9.17, 15) is 14.7 Å². The van der Waals surface area contributed by atoms with E-state index in [1.165, 1.54) is 19.3 Å². The number of aliphatic carboxylic acids is 1. The van der Waals surface area contributed by atoms with E-state index in [2.05, 4.69) is 13.0 Å². The van der Waals surface area contributed by atoms with Gasteiger partial charge in [-0.1, -0.05) is 31.9 Å². The number of aliphatic hydroxyl groups excluding tert-OH is 1. The van der Waals surface area contributed by atoms with E-state index in [1.807, 2.05) is 6.08 Å². The van der Waals surface area contributed by atoms with Crippen LogP contribution in [0.3, 0.4) is 0 Å². The summed E-state index contributed by atoms with van der Waals surface area (Å²) in [7, 11) is 0. The summed E-state index contributed by atoms with van der Waals surface area (Å²) in [6, 6.07) is 0. The first-order valence-electron chi connectivity index (χ1n) is 6.62. The molecule has 0 bridgehead atoms. The zero-order chi connectivity index (χ0) is 13.8. The number of ketones is 1. The fourth-order valence-electron chi connectivity index (χ4n) is 1.64. The van der Waals surface area contributed by atoms with Gasteiger partial charge in [0.25, 0.3) is 0 Å². The van der Waals surface area contributed by atoms with E-state index >= 15 is 0 Å². The van der Waals surface area contributed by atoms with Crippen LogP contribution in [0.5, 0.6) is 0 Å². The standard InChI is InChI=1S/C14H24O4/c1-2-3-4-5-6-7-8-9-12(15)10-13(16)11-14(17)18/h6-7,12,15H,2-5,8-11H2,1H3,(H,17,18)/b7-6+. The minimum absolute atomic E-state index is 0.0595. The van der Waals surface area contributed by atoms with Crippen LogP contribution in [0.4, 0.5) is 0 Å². The van der Waals surface area contributed by atoms with Crippen molar-refractivity contribution < 1.29 is 19.8 Å². The highest BCUT2D eigenvalue weighted by Crippen LogP contribution is 2.06. The average Bonchev–Trinajstić information content (AvgIpc) is 2.26. The van der Waals surface area contributed by atoms with Crippen LogP contribution in [0, 0.1) is 0 Å². The molecule has 0 heterocycles. The maximum absolute atomic E-state index is 11.1. The number of carboxylic acid groups (broad SMARTS) is 1. The number of carboxylic acids is 1. The van der Waals surface area contributed by atoms with Crippen LogP contribution in [-0.2, 0) is 9.59 Å². The summed E-state index contributed by atoms with van der Waals surface area (Å²) in [5.41, 5.74) is 0. The Labute approximate surface area is 109 Å². The topological polar surface area (TPSA) is 74.6 Å². The molecule has 4 heteroatoms. The molecular weight excluding hydrogens is 232 g/mol. The molecule has 2 N–H and O–H groups in total. The highest BCUT2D eigenvalue weighted by molar-refractivity contribution is 5.94. The van der Waals surface area contributed by atoms with Crippen molar-refractivity contribution >= 4 is 11.8 Å². The van der Waals surface area contributed by atoms with Crippen LogP contribution in [0.15, 0.2) is 12.2 Å². The Balaban J connectivity index is 3.55. The number of unbranched alkanes of at least 4 members (excludes halogenated alkanes) is 3. The van der Waals surface area contributed by atoms with E-state index < -0.39 is 24.3 Å². The molecule has 1 atom stereocenters. The van der Waals surface area contributed by atoms with Gasteiger partial charge < -0.3 is 10.2 Å². The van der Waals surface area contributed by atoms with Crippen LogP contribution in [0.2, 0.25) is 0 Å². The Kier molecular flexibility index (Phi) is 10.3. The second kappa shape index (κ2) is 11.0. The van der Waals surface area contributed by atoms with Crippen molar-refractivity contribution in [1.29, 1.82) is 0 Å². The molecule has 0 aromatic rings. The number of aliphatic hydroxyl groups is 1. The van der Waals surface area contributed by atoms with Gasteiger partial charge in [0.1, 0.15) is 12.2 Å². The van der Waals surface area contributed by atoms with E-state index in [4.69, 9.17) is 5.11 Å². The number of carbonyl (C=O) groups excluding carboxylic acids is 1. The molecule has 0 rings (SSSR count). The fourth-order valence-corrected chi connectivity index (χ4v) is 1.64. The number of rotatable bonds is 11. The second-order valence-electron chi connectivity index (χ2n) is 4.51. The summed E-state index contributed by atoms with van der Waals surface area (Å²) in [5.74, 6) is -1.55. The Bertz CT molecular complexity index is 271. The molecule has 0 saturated heterocycles. The number of hydrogen-bond acceptors (Lipinski definition) is 3. The molecular formula is C14H24O4. The van der Waals surface area contributed by atoms with Gasteiger partial charge in [-0.15, -0.1) is 0 Å². The summed E-state index contributed by atoms with van der Waals surface area (Å²) in [4.78, 5) is 21.4. The SMILES string of the molecule is CCCCC/C=C/CCC(O)CC(=O)CC(=O)O. The molecule has 4 nitrogen and oxygen atoms in total. The number of Topliss-reactive ketones (excluding diaryl/α,β-unsaturated/α-hetero) is 1. The van der Waals surface area contributed by atoms with Gasteiger partial charge in [-0.25, -0.2) is 0 Å². The molecule has 0 fully saturated rings. The third-order valence-corrected chi connectivity index (χ3v) is 2.62. The van der Waals surface area contributed by atoms with E-state index in [0.717, 1.165) is 12.8 Å². The van der Waals surface area contributed by atoms with Crippen molar-refractivity contribution in [2.24, 2.45) is 0 Å². The zero-order valence-corrected chi connectivity index (χ0v) is 11.1. The normalized spacial score (nSPS) is 12.8. The fraction of sp³-hybridized carbons (Fsp3) is 0.714. The first-order chi connectivity index (χ1) is 8.56. The molecule has 0 amide bonds. The maximum atomic E-state index is 11.1. The van der Waals surface area contributed by atoms with Gasteiger partial charge >= 0.3 is 5.97 Å². The molecule has 0 aliphatic rings. The van der Waals surface area contributed by atoms with Crippen LogP contribution in [0.1, 0.15) is 58.3 Å². The zero-order valence-electron chi connectivity index (χ0n) is 11.1. The number of carbonyl (C=O) groups is 2. The lowest BCUT2D eigenvalue weighted by Crippen LogP contribution is -2.15. The molecule has 104 valence electrons. The van der Waals surface area contributed by atoms with Crippen molar-refractivity contribution in [3.63, 3.8) is 0 Å². The predicted molar refractivity (Wildman–Crippen MR) is 70.4 cm³/mol. The Morgan fingerprint density at radius 1 is 1.17 bits per heavy atom. The lowest BCUT2D eigenvalue weighted by atomic mass is 10.1. The Hall–Kier alpha value is -1.16. The third kappa shape index (κ3) is 11.3. The van der Waals surface area contributed by atoms with Gasteiger partial charge in [-0.3, -0.25) is 9.59 Å². The van der Waals surface area contributed by atoms with Crippen molar-refractivity contribution in [2.45, 2.75) is 64.4 Å². The molecule has 0 saturated carbocycles. The van der Waals surface area contributed by atoms with Crippen molar-refractivity contribution in [3.8, 4) is 0 Å². The largest absolute Gasteiger partial charge is 0.481 e. The van der Waals surface area contributed by atoms with E-state index in [1.54, 1.807) is 0 Å². The van der Waals surface area contributed by atoms with E-state index in [0.29, 0.717) is 6.42 Å². The maximum Gasteiger partial charge on any atom is 0.310 e. The van der Waals surface area contributed by atoms with Gasteiger partial charge in [-0.05, 0) is 25.7 Å². The molecule has 0 aliphatic heterocycles. The van der Waals surface area contributed by atoms with Gasteiger partial charge in [0.2, 0.25) is 0 Å². The van der Waals surface area contributed by atoms with Crippen LogP contribution in [-0.4, -0.2) is 28.1 Å². The summed E-state index contributed by atoms with van der Waals surface area (Å²) in [5, 5.41) is 17.9. The van der Waals surface area contributed by atoms with Crippen molar-refractivity contribution in [2.75, 3.05) is 0 Å². The first kappa shape index (κ1) is 16.8. The lowest BCUT2D eigenvalue weighted by Gasteiger charge is -2.06. The highest BCUT2D eigenvalue weighted by Gasteiger charge is 2.12. The van der Waals surface area contributed by atoms with E-state index in [-0.39, 0.29) is 6.42 Å². The predicted octanol–water partition coefficient (Wildman–Crippen LogP) is 2.70. The monoisotopic (exact) mass is 256 g/mol. The summed E-state index contributed by atoms with van der Waals surface area (Å²) >= 11 is 0. The van der Waals surface area contributed by atoms with Crippen LogP contribution >= 0.6 is 0 Å². The highest BCUT2D eigenvalue weighted by atomic mass is 16.4. The molecule has 0 aromatic heterocycles. The Morgan fingerprint density at radius 3 is 2.44 bits per heavy atom. The minimum atomic E-state index is -1.14. The van der Waals surface area contributed by atoms with Crippen LogP contribution < -0.4 is 0 Å². The minimum Gasteiger partial charge on any atom is -0.481 e. The van der Waals surface area contributed by atoms with Gasteiger partial charge in [0, 0.05) is 6.42 Å². The number of allylic oxidation sites excluding steroid dienone is 2.